The highest BCUT2D eigenvalue weighted by atomic mass is 32.1. The number of carbonyl (C=O) groups is 1. The number of aromatic nitrogens is 3. The van der Waals surface area contributed by atoms with Crippen LogP contribution in [0.5, 0.6) is 0 Å². The molecule has 0 atom stereocenters. The minimum absolute atomic E-state index is 0.103. The fraction of sp³-hybridized carbons (Fsp3) is 0.421. The summed E-state index contributed by atoms with van der Waals surface area (Å²) in [6, 6.07) is 8.44. The molecule has 0 spiro atoms. The maximum Gasteiger partial charge on any atom is 0.272 e. The van der Waals surface area contributed by atoms with E-state index < -0.39 is 0 Å². The Morgan fingerprint density at radius 3 is 2.74 bits per heavy atom. The van der Waals surface area contributed by atoms with Crippen LogP contribution in [-0.4, -0.2) is 75.4 Å². The van der Waals surface area contributed by atoms with Gasteiger partial charge in [-0.15, -0.1) is 0 Å². The molecule has 0 unspecified atom stereocenters. The molecule has 4 heterocycles. The fourth-order valence-electron chi connectivity index (χ4n) is 3.93. The highest BCUT2D eigenvalue weighted by Crippen LogP contribution is 2.29. The van der Waals surface area contributed by atoms with E-state index in [1.165, 1.54) is 10.1 Å². The van der Waals surface area contributed by atoms with Crippen LogP contribution < -0.4 is 4.90 Å². The number of imidazole rings is 1. The zero-order chi connectivity index (χ0) is 18.2. The monoisotopic (exact) mass is 382 g/mol. The van der Waals surface area contributed by atoms with Crippen molar-refractivity contribution < 1.29 is 4.79 Å². The smallest absolute Gasteiger partial charge is 0.272 e. The Balaban J connectivity index is 1.17. The summed E-state index contributed by atoms with van der Waals surface area (Å²) in [5.41, 5.74) is 0.710. The molecule has 0 bridgehead atoms. The van der Waals surface area contributed by atoms with E-state index >= 15 is 0 Å². The van der Waals surface area contributed by atoms with Gasteiger partial charge in [0.05, 0.1) is 17.2 Å². The molecule has 0 radical (unpaired) electrons. The second-order valence-electron chi connectivity index (χ2n) is 7.10. The van der Waals surface area contributed by atoms with Crippen LogP contribution in [0, 0.1) is 0 Å². The molecule has 8 heteroatoms. The first-order valence-electron chi connectivity index (χ1n) is 9.41. The normalized spacial score (nSPS) is 18.3. The van der Waals surface area contributed by atoms with Crippen molar-refractivity contribution in [2.45, 2.75) is 6.54 Å². The minimum Gasteiger partial charge on any atom is -0.353 e. The van der Waals surface area contributed by atoms with Crippen LogP contribution in [0.4, 0.5) is 5.82 Å². The van der Waals surface area contributed by atoms with E-state index in [1.807, 2.05) is 9.47 Å². The molecular weight excluding hydrogens is 360 g/mol. The van der Waals surface area contributed by atoms with Gasteiger partial charge in [0.2, 0.25) is 0 Å². The summed E-state index contributed by atoms with van der Waals surface area (Å²) in [5.74, 6) is 1.22. The van der Waals surface area contributed by atoms with E-state index in [2.05, 4.69) is 43.4 Å². The number of hydrogen-bond donors (Lipinski definition) is 0. The summed E-state index contributed by atoms with van der Waals surface area (Å²) >= 11 is 1.58. The predicted molar refractivity (Wildman–Crippen MR) is 106 cm³/mol. The Morgan fingerprint density at radius 1 is 1.00 bits per heavy atom. The van der Waals surface area contributed by atoms with Gasteiger partial charge >= 0.3 is 0 Å². The molecule has 2 aromatic heterocycles. The first-order chi connectivity index (χ1) is 13.3. The minimum atomic E-state index is 0.103. The van der Waals surface area contributed by atoms with E-state index in [0.29, 0.717) is 5.69 Å². The molecule has 0 N–H and O–H groups in total. The number of fused-ring (bicyclic) bond motifs is 2. The molecule has 5 rings (SSSR count). The van der Waals surface area contributed by atoms with E-state index in [0.717, 1.165) is 58.2 Å². The second-order valence-corrected chi connectivity index (χ2v) is 7.90. The lowest BCUT2D eigenvalue weighted by Gasteiger charge is -2.36. The molecular formula is C19H22N6OS. The quantitative estimate of drug-likeness (QED) is 0.688. The molecule has 1 fully saturated rings. The molecule has 2 aliphatic rings. The molecule has 3 aromatic rings. The van der Waals surface area contributed by atoms with Gasteiger partial charge in [-0.25, -0.2) is 4.98 Å². The van der Waals surface area contributed by atoms with E-state index in [-0.39, 0.29) is 5.91 Å². The van der Waals surface area contributed by atoms with Gasteiger partial charge in [0.15, 0.2) is 0 Å². The molecule has 2 aliphatic heterocycles. The Labute approximate surface area is 162 Å². The summed E-state index contributed by atoms with van der Waals surface area (Å²) < 4.78 is 7.87. The van der Waals surface area contributed by atoms with Crippen molar-refractivity contribution in [3.05, 3.63) is 42.5 Å². The van der Waals surface area contributed by atoms with Gasteiger partial charge < -0.3 is 14.4 Å². The molecule has 0 saturated carbocycles. The number of anilines is 1. The Kier molecular flexibility index (Phi) is 4.29. The van der Waals surface area contributed by atoms with Crippen LogP contribution in [0.15, 0.2) is 36.8 Å². The van der Waals surface area contributed by atoms with Gasteiger partial charge in [0, 0.05) is 57.7 Å². The second kappa shape index (κ2) is 6.94. The highest BCUT2D eigenvalue weighted by molar-refractivity contribution is 7.13. The first-order valence-corrected chi connectivity index (χ1v) is 10.2. The molecule has 1 aromatic carbocycles. The summed E-state index contributed by atoms with van der Waals surface area (Å²) in [7, 11) is 0. The van der Waals surface area contributed by atoms with Gasteiger partial charge in [-0.3, -0.25) is 9.69 Å². The number of carbonyl (C=O) groups excluding carboxylic acids is 1. The molecule has 140 valence electrons. The predicted octanol–water partition coefficient (Wildman–Crippen LogP) is 1.77. The topological polar surface area (TPSA) is 57.5 Å². The van der Waals surface area contributed by atoms with Crippen molar-refractivity contribution in [3.63, 3.8) is 0 Å². The lowest BCUT2D eigenvalue weighted by molar-refractivity contribution is 0.0681. The van der Waals surface area contributed by atoms with E-state index in [9.17, 15) is 4.79 Å². The molecule has 7 nitrogen and oxygen atoms in total. The maximum atomic E-state index is 12.5. The van der Waals surface area contributed by atoms with Gasteiger partial charge in [0.25, 0.3) is 5.91 Å². The number of rotatable bonds is 4. The lowest BCUT2D eigenvalue weighted by Crippen LogP contribution is -2.50. The van der Waals surface area contributed by atoms with Crippen LogP contribution in [0.25, 0.3) is 10.1 Å². The van der Waals surface area contributed by atoms with Crippen molar-refractivity contribution >= 4 is 33.3 Å². The Bertz CT molecular complexity index is 958. The van der Waals surface area contributed by atoms with Crippen LogP contribution >= 0.6 is 11.5 Å². The van der Waals surface area contributed by atoms with Crippen molar-refractivity contribution in [2.75, 3.05) is 50.7 Å². The first kappa shape index (κ1) is 16.7. The van der Waals surface area contributed by atoms with Crippen molar-refractivity contribution in [2.24, 2.45) is 0 Å². The molecule has 0 aliphatic carbocycles. The average Bonchev–Trinajstić information content (AvgIpc) is 3.35. The Hall–Kier alpha value is -2.45. The number of hydrogen-bond acceptors (Lipinski definition) is 6. The molecule has 1 saturated heterocycles. The van der Waals surface area contributed by atoms with Crippen molar-refractivity contribution in [3.8, 4) is 0 Å². The van der Waals surface area contributed by atoms with Crippen LogP contribution in [0.1, 0.15) is 10.5 Å². The average molecular weight is 382 g/mol. The van der Waals surface area contributed by atoms with Crippen LogP contribution in [-0.2, 0) is 6.54 Å². The van der Waals surface area contributed by atoms with Crippen molar-refractivity contribution in [1.82, 2.24) is 23.7 Å². The van der Waals surface area contributed by atoms with Crippen molar-refractivity contribution in [1.29, 1.82) is 0 Å². The van der Waals surface area contributed by atoms with E-state index in [1.54, 1.807) is 24.1 Å². The number of amides is 1. The third kappa shape index (κ3) is 3.08. The van der Waals surface area contributed by atoms with Gasteiger partial charge in [-0.2, -0.15) is 4.37 Å². The summed E-state index contributed by atoms with van der Waals surface area (Å²) in [5, 5.41) is 1.26. The number of piperazine rings is 1. The zero-order valence-electron chi connectivity index (χ0n) is 15.1. The summed E-state index contributed by atoms with van der Waals surface area (Å²) in [6.07, 6.45) is 3.41. The fourth-order valence-corrected chi connectivity index (χ4v) is 4.72. The maximum absolute atomic E-state index is 12.5. The Morgan fingerprint density at radius 2 is 1.85 bits per heavy atom. The third-order valence-corrected chi connectivity index (χ3v) is 6.36. The molecule has 1 amide bonds. The standard InChI is InChI=1S/C19H22N6OS/c26-19-16-13-20-14-25(16)12-11-24(19)10-7-22-5-8-23(9-6-22)18-15-3-1-2-4-17(15)27-21-18/h1-4,13-14H,5-12H2. The number of benzene rings is 1. The van der Waals surface area contributed by atoms with Gasteiger partial charge in [-0.05, 0) is 23.7 Å². The lowest BCUT2D eigenvalue weighted by atomic mass is 10.2. The summed E-state index contributed by atoms with van der Waals surface area (Å²) in [6.45, 7) is 7.29. The largest absolute Gasteiger partial charge is 0.353 e. The van der Waals surface area contributed by atoms with E-state index in [4.69, 9.17) is 0 Å². The zero-order valence-corrected chi connectivity index (χ0v) is 15.9. The van der Waals surface area contributed by atoms with Crippen LogP contribution in [0.2, 0.25) is 0 Å². The highest BCUT2D eigenvalue weighted by Gasteiger charge is 2.26. The third-order valence-electron chi connectivity index (χ3n) is 5.55. The van der Waals surface area contributed by atoms with Gasteiger partial charge in [0.1, 0.15) is 11.5 Å². The summed E-state index contributed by atoms with van der Waals surface area (Å²) in [4.78, 5) is 23.4. The van der Waals surface area contributed by atoms with Crippen LogP contribution in [0.3, 0.4) is 0 Å². The molecule has 27 heavy (non-hydrogen) atoms. The SMILES string of the molecule is O=C1c2cncn2CCN1CCN1CCN(c2nsc3ccccc23)CC1. The number of nitrogens with zero attached hydrogens (tertiary/aromatic N) is 6. The van der Waals surface area contributed by atoms with Gasteiger partial charge in [-0.1, -0.05) is 12.1 Å².